The summed E-state index contributed by atoms with van der Waals surface area (Å²) >= 11 is 0. The van der Waals surface area contributed by atoms with E-state index in [1.807, 2.05) is 6.07 Å². The molecule has 0 aromatic heterocycles. The zero-order valence-electron chi connectivity index (χ0n) is 13.2. The van der Waals surface area contributed by atoms with Crippen molar-refractivity contribution < 1.29 is 4.74 Å². The van der Waals surface area contributed by atoms with E-state index in [-0.39, 0.29) is 6.10 Å². The quantitative estimate of drug-likeness (QED) is 0.810. The maximum Gasteiger partial charge on any atom is 0.120 e. The van der Waals surface area contributed by atoms with Crippen molar-refractivity contribution in [3.05, 3.63) is 65.2 Å². The average molecular weight is 283 g/mol. The Hall–Kier alpha value is -1.80. The van der Waals surface area contributed by atoms with Crippen LogP contribution in [0.4, 0.5) is 0 Å². The second kappa shape index (κ2) is 7.84. The van der Waals surface area contributed by atoms with E-state index in [1.165, 1.54) is 16.7 Å². The first-order chi connectivity index (χ1) is 10.2. The molecule has 0 aliphatic carbocycles. The van der Waals surface area contributed by atoms with Gasteiger partial charge in [-0.1, -0.05) is 48.9 Å². The third kappa shape index (κ3) is 5.24. The number of ether oxygens (including phenoxy) is 1. The molecule has 0 fully saturated rings. The lowest BCUT2D eigenvalue weighted by Gasteiger charge is -2.13. The molecule has 2 rings (SSSR count). The lowest BCUT2D eigenvalue weighted by atomic mass is 10.1. The van der Waals surface area contributed by atoms with Crippen LogP contribution in [0.1, 0.15) is 37.0 Å². The third-order valence-electron chi connectivity index (χ3n) is 3.55. The van der Waals surface area contributed by atoms with E-state index >= 15 is 0 Å². The van der Waals surface area contributed by atoms with Crippen molar-refractivity contribution in [3.8, 4) is 5.75 Å². The summed E-state index contributed by atoms with van der Waals surface area (Å²) in [5, 5.41) is 3.48. The van der Waals surface area contributed by atoms with Gasteiger partial charge in [-0.3, -0.25) is 0 Å². The lowest BCUT2D eigenvalue weighted by molar-refractivity contribution is 0.217. The van der Waals surface area contributed by atoms with Crippen LogP contribution in [0.25, 0.3) is 0 Å². The minimum absolute atomic E-state index is 0.264. The molecule has 1 unspecified atom stereocenters. The predicted molar refractivity (Wildman–Crippen MR) is 88.5 cm³/mol. The molecule has 21 heavy (non-hydrogen) atoms. The molecular weight excluding hydrogens is 258 g/mol. The molecule has 0 saturated heterocycles. The molecule has 0 aliphatic heterocycles. The monoisotopic (exact) mass is 283 g/mol. The van der Waals surface area contributed by atoms with Crippen LogP contribution in [0.5, 0.6) is 5.75 Å². The normalized spacial score (nSPS) is 12.1. The fourth-order valence-electron chi connectivity index (χ4n) is 2.22. The lowest BCUT2D eigenvalue weighted by Crippen LogP contribution is -2.13. The minimum Gasteiger partial charge on any atom is -0.491 e. The topological polar surface area (TPSA) is 21.3 Å². The van der Waals surface area contributed by atoms with Crippen molar-refractivity contribution >= 4 is 0 Å². The van der Waals surface area contributed by atoms with E-state index in [9.17, 15) is 0 Å². The highest BCUT2D eigenvalue weighted by molar-refractivity contribution is 5.29. The van der Waals surface area contributed by atoms with Crippen molar-refractivity contribution in [1.29, 1.82) is 0 Å². The summed E-state index contributed by atoms with van der Waals surface area (Å²) in [6, 6.07) is 16.9. The van der Waals surface area contributed by atoms with Crippen LogP contribution in [-0.4, -0.2) is 6.10 Å². The summed E-state index contributed by atoms with van der Waals surface area (Å²) in [7, 11) is 0. The molecular formula is C19H25NO. The maximum atomic E-state index is 5.86. The Morgan fingerprint density at radius 3 is 2.33 bits per heavy atom. The molecule has 2 aromatic carbocycles. The van der Waals surface area contributed by atoms with Gasteiger partial charge in [0.15, 0.2) is 0 Å². The van der Waals surface area contributed by atoms with Crippen LogP contribution in [0.15, 0.2) is 48.5 Å². The molecule has 112 valence electrons. The number of rotatable bonds is 7. The highest BCUT2D eigenvalue weighted by Crippen LogP contribution is 2.16. The second-order valence-corrected chi connectivity index (χ2v) is 5.58. The van der Waals surface area contributed by atoms with Crippen molar-refractivity contribution in [1.82, 2.24) is 5.32 Å². The summed E-state index contributed by atoms with van der Waals surface area (Å²) in [6.07, 6.45) is 1.29. The van der Waals surface area contributed by atoms with Crippen LogP contribution in [0.2, 0.25) is 0 Å². The van der Waals surface area contributed by atoms with Crippen molar-refractivity contribution in [2.45, 2.75) is 46.4 Å². The van der Waals surface area contributed by atoms with Gasteiger partial charge < -0.3 is 10.1 Å². The summed E-state index contributed by atoms with van der Waals surface area (Å²) < 4.78 is 5.86. The number of hydrogen-bond acceptors (Lipinski definition) is 2. The Morgan fingerprint density at radius 2 is 1.67 bits per heavy atom. The third-order valence-corrected chi connectivity index (χ3v) is 3.55. The van der Waals surface area contributed by atoms with E-state index in [2.05, 4.69) is 68.6 Å². The van der Waals surface area contributed by atoms with Crippen molar-refractivity contribution in [2.24, 2.45) is 0 Å². The van der Waals surface area contributed by atoms with E-state index < -0.39 is 0 Å². The van der Waals surface area contributed by atoms with Crippen LogP contribution in [-0.2, 0) is 13.1 Å². The van der Waals surface area contributed by atoms with Crippen LogP contribution in [0.3, 0.4) is 0 Å². The van der Waals surface area contributed by atoms with Crippen molar-refractivity contribution in [2.75, 3.05) is 0 Å². The fraction of sp³-hybridized carbons (Fsp3) is 0.368. The molecule has 2 nitrogen and oxygen atoms in total. The van der Waals surface area contributed by atoms with Gasteiger partial charge in [0.1, 0.15) is 5.75 Å². The van der Waals surface area contributed by atoms with E-state index in [0.29, 0.717) is 0 Å². The number of benzene rings is 2. The Morgan fingerprint density at radius 1 is 1.00 bits per heavy atom. The summed E-state index contributed by atoms with van der Waals surface area (Å²) in [4.78, 5) is 0. The summed E-state index contributed by atoms with van der Waals surface area (Å²) in [5.74, 6) is 0.958. The molecule has 0 aliphatic rings. The van der Waals surface area contributed by atoms with E-state index in [0.717, 1.165) is 25.3 Å². The molecule has 0 saturated carbocycles. The highest BCUT2D eigenvalue weighted by Gasteiger charge is 2.02. The Labute approximate surface area is 128 Å². The van der Waals surface area contributed by atoms with Gasteiger partial charge in [-0.25, -0.2) is 0 Å². The van der Waals surface area contributed by atoms with Crippen LogP contribution >= 0.6 is 0 Å². The molecule has 1 N–H and O–H groups in total. The minimum atomic E-state index is 0.264. The smallest absolute Gasteiger partial charge is 0.120 e. The standard InChI is InChI=1S/C19H25NO/c1-4-16(3)21-19-10-6-9-18(12-19)14-20-13-17-8-5-7-15(2)11-17/h5-12,16,20H,4,13-14H2,1-3H3. The number of aryl methyl sites for hydroxylation is 1. The zero-order chi connectivity index (χ0) is 15.1. The van der Waals surface area contributed by atoms with Gasteiger partial charge in [0.05, 0.1) is 6.10 Å². The summed E-state index contributed by atoms with van der Waals surface area (Å²) in [6.45, 7) is 8.10. The van der Waals surface area contributed by atoms with E-state index in [1.54, 1.807) is 0 Å². The van der Waals surface area contributed by atoms with E-state index in [4.69, 9.17) is 4.74 Å². The van der Waals surface area contributed by atoms with Gasteiger partial charge in [-0.05, 0) is 43.5 Å². The molecule has 2 heteroatoms. The zero-order valence-corrected chi connectivity index (χ0v) is 13.2. The molecule has 0 radical (unpaired) electrons. The van der Waals surface area contributed by atoms with Gasteiger partial charge in [-0.2, -0.15) is 0 Å². The SMILES string of the molecule is CCC(C)Oc1cccc(CNCc2cccc(C)c2)c1. The van der Waals surface area contributed by atoms with Gasteiger partial charge in [-0.15, -0.1) is 0 Å². The predicted octanol–water partition coefficient (Wildman–Crippen LogP) is 4.46. The Balaban J connectivity index is 1.87. The second-order valence-electron chi connectivity index (χ2n) is 5.58. The molecule has 0 heterocycles. The first-order valence-corrected chi connectivity index (χ1v) is 7.69. The molecule has 2 aromatic rings. The fourth-order valence-corrected chi connectivity index (χ4v) is 2.22. The Bertz CT molecular complexity index is 565. The first kappa shape index (κ1) is 15.6. The number of nitrogens with one attached hydrogen (secondary N) is 1. The molecule has 1 atom stereocenters. The van der Waals surface area contributed by atoms with Gasteiger partial charge in [0, 0.05) is 13.1 Å². The maximum absolute atomic E-state index is 5.86. The van der Waals surface area contributed by atoms with Crippen LogP contribution in [0, 0.1) is 6.92 Å². The summed E-state index contributed by atoms with van der Waals surface area (Å²) in [5.41, 5.74) is 3.88. The average Bonchev–Trinajstić information content (AvgIpc) is 2.47. The van der Waals surface area contributed by atoms with Gasteiger partial charge >= 0.3 is 0 Å². The van der Waals surface area contributed by atoms with Gasteiger partial charge in [0.2, 0.25) is 0 Å². The van der Waals surface area contributed by atoms with Gasteiger partial charge in [0.25, 0.3) is 0 Å². The highest BCUT2D eigenvalue weighted by atomic mass is 16.5. The molecule has 0 bridgehead atoms. The molecule has 0 spiro atoms. The van der Waals surface area contributed by atoms with Crippen molar-refractivity contribution in [3.63, 3.8) is 0 Å². The van der Waals surface area contributed by atoms with Crippen LogP contribution < -0.4 is 10.1 Å². The first-order valence-electron chi connectivity index (χ1n) is 7.69. The molecule has 0 amide bonds. The Kier molecular flexibility index (Phi) is 5.82. The number of hydrogen-bond donors (Lipinski definition) is 1. The largest absolute Gasteiger partial charge is 0.491 e.